The van der Waals surface area contributed by atoms with Gasteiger partial charge in [-0.15, -0.1) is 0 Å². The molecule has 1 rings (SSSR count). The van der Waals surface area contributed by atoms with Crippen molar-refractivity contribution < 1.29 is 24.9 Å². The van der Waals surface area contributed by atoms with Crippen molar-refractivity contribution in [3.63, 3.8) is 0 Å². The van der Waals surface area contributed by atoms with Crippen LogP contribution in [0.4, 0.5) is 0 Å². The van der Waals surface area contributed by atoms with E-state index in [-0.39, 0.29) is 16.7 Å². The molecule has 0 aliphatic carbocycles. The third kappa shape index (κ3) is 3.04. The number of hydrogen-bond acceptors (Lipinski definition) is 3. The van der Waals surface area contributed by atoms with Crippen molar-refractivity contribution in [1.29, 1.82) is 0 Å². The predicted octanol–water partition coefficient (Wildman–Crippen LogP) is 1.92. The van der Waals surface area contributed by atoms with E-state index >= 15 is 0 Å². The summed E-state index contributed by atoms with van der Waals surface area (Å²) in [7, 11) is 0. The fourth-order valence-corrected chi connectivity index (χ4v) is 1.60. The van der Waals surface area contributed by atoms with Gasteiger partial charge in [0.1, 0.15) is 0 Å². The Balaban J connectivity index is 3.24. The minimum Gasteiger partial charge on any atom is -0.478 e. The molecule has 3 N–H and O–H groups in total. The fourth-order valence-electron chi connectivity index (χ4n) is 1.60. The number of benzene rings is 1. The first-order valence-corrected chi connectivity index (χ1v) is 5.26. The van der Waals surface area contributed by atoms with Gasteiger partial charge in [0.05, 0.1) is 17.2 Å². The Kier molecular flexibility index (Phi) is 4.23. The zero-order valence-corrected chi connectivity index (χ0v) is 9.38. The van der Waals surface area contributed by atoms with Crippen LogP contribution in [-0.2, 0) is 0 Å². The van der Waals surface area contributed by atoms with Crippen LogP contribution in [0, 0.1) is 0 Å². The lowest BCUT2D eigenvalue weighted by atomic mass is 9.97. The Morgan fingerprint density at radius 3 is 2.35 bits per heavy atom. The van der Waals surface area contributed by atoms with Crippen molar-refractivity contribution in [2.75, 3.05) is 0 Å². The molecule has 0 saturated carbocycles. The Hall–Kier alpha value is -1.88. The van der Waals surface area contributed by atoms with Crippen LogP contribution in [0.2, 0.25) is 0 Å². The van der Waals surface area contributed by atoms with Crippen LogP contribution in [0.5, 0.6) is 0 Å². The van der Waals surface area contributed by atoms with Crippen LogP contribution < -0.4 is 0 Å². The van der Waals surface area contributed by atoms with Crippen LogP contribution in [-0.4, -0.2) is 27.3 Å². The molecule has 0 spiro atoms. The van der Waals surface area contributed by atoms with E-state index in [0.717, 1.165) is 0 Å². The molecule has 1 aromatic rings. The van der Waals surface area contributed by atoms with Gasteiger partial charge < -0.3 is 15.3 Å². The van der Waals surface area contributed by atoms with Gasteiger partial charge >= 0.3 is 11.9 Å². The summed E-state index contributed by atoms with van der Waals surface area (Å²) in [4.78, 5) is 21.7. The van der Waals surface area contributed by atoms with E-state index in [1.807, 2.05) is 6.92 Å². The molecule has 0 aliphatic rings. The summed E-state index contributed by atoms with van der Waals surface area (Å²) in [6.07, 6.45) is 0.117. The Labute approximate surface area is 98.3 Å². The smallest absolute Gasteiger partial charge is 0.336 e. The molecular formula is C12H14O5. The molecule has 5 nitrogen and oxygen atoms in total. The predicted molar refractivity (Wildman–Crippen MR) is 60.2 cm³/mol. The third-order valence-electron chi connectivity index (χ3n) is 2.45. The van der Waals surface area contributed by atoms with E-state index in [1.54, 1.807) is 0 Å². The zero-order valence-electron chi connectivity index (χ0n) is 9.38. The molecule has 1 atom stereocenters. The van der Waals surface area contributed by atoms with Crippen LogP contribution in [0.3, 0.4) is 0 Å². The number of aromatic carboxylic acids is 2. The summed E-state index contributed by atoms with van der Waals surface area (Å²) in [5.74, 6) is -2.32. The average Bonchev–Trinajstić information content (AvgIpc) is 2.28. The van der Waals surface area contributed by atoms with Crippen LogP contribution in [0.1, 0.15) is 52.1 Å². The summed E-state index contributed by atoms with van der Waals surface area (Å²) >= 11 is 0. The summed E-state index contributed by atoms with van der Waals surface area (Å²) < 4.78 is 0. The maximum atomic E-state index is 11.0. The summed E-state index contributed by atoms with van der Waals surface area (Å²) in [6, 6.07) is 3.64. The van der Waals surface area contributed by atoms with Crippen LogP contribution in [0.25, 0.3) is 0 Å². The molecule has 0 aromatic heterocycles. The van der Waals surface area contributed by atoms with E-state index in [2.05, 4.69) is 0 Å². The number of hydrogen-bond donors (Lipinski definition) is 3. The highest BCUT2D eigenvalue weighted by Gasteiger charge is 2.18. The monoisotopic (exact) mass is 238 g/mol. The van der Waals surface area contributed by atoms with E-state index in [1.165, 1.54) is 18.2 Å². The van der Waals surface area contributed by atoms with Crippen molar-refractivity contribution in [3.05, 3.63) is 34.9 Å². The minimum atomic E-state index is -1.17. The Morgan fingerprint density at radius 1 is 1.24 bits per heavy atom. The molecule has 1 aromatic carbocycles. The lowest BCUT2D eigenvalue weighted by molar-refractivity contribution is 0.0674. The summed E-state index contributed by atoms with van der Waals surface area (Å²) in [5, 5.41) is 27.6. The van der Waals surface area contributed by atoms with Crippen molar-refractivity contribution in [1.82, 2.24) is 0 Å². The largest absolute Gasteiger partial charge is 0.478 e. The van der Waals surface area contributed by atoms with Gasteiger partial charge in [0.2, 0.25) is 0 Å². The lowest BCUT2D eigenvalue weighted by Crippen LogP contribution is -2.09. The molecule has 5 heteroatoms. The topological polar surface area (TPSA) is 94.8 Å². The second-order valence-corrected chi connectivity index (χ2v) is 3.72. The number of aliphatic hydroxyl groups excluding tert-OH is 1. The van der Waals surface area contributed by atoms with Gasteiger partial charge in [-0.3, -0.25) is 0 Å². The zero-order chi connectivity index (χ0) is 13.0. The molecule has 0 aliphatic heterocycles. The second-order valence-electron chi connectivity index (χ2n) is 3.72. The number of aliphatic hydroxyl groups is 1. The van der Waals surface area contributed by atoms with Gasteiger partial charge in [-0.05, 0) is 30.2 Å². The van der Waals surface area contributed by atoms with Crippen molar-refractivity contribution in [3.8, 4) is 0 Å². The second kappa shape index (κ2) is 5.45. The number of rotatable bonds is 5. The number of carbonyl (C=O) groups is 2. The first-order chi connectivity index (χ1) is 7.97. The Morgan fingerprint density at radius 2 is 1.88 bits per heavy atom. The molecule has 17 heavy (non-hydrogen) atoms. The van der Waals surface area contributed by atoms with Gasteiger partial charge in [-0.25, -0.2) is 9.59 Å². The first-order valence-electron chi connectivity index (χ1n) is 5.26. The summed E-state index contributed by atoms with van der Waals surface area (Å²) in [5.41, 5.74) is 0.0651. The third-order valence-corrected chi connectivity index (χ3v) is 2.45. The quantitative estimate of drug-likeness (QED) is 0.728. The van der Waals surface area contributed by atoms with Gasteiger partial charge in [0.15, 0.2) is 0 Å². The molecule has 1 unspecified atom stereocenters. The van der Waals surface area contributed by atoms with E-state index < -0.39 is 18.0 Å². The van der Waals surface area contributed by atoms with Gasteiger partial charge in [-0.1, -0.05) is 13.3 Å². The molecule has 0 amide bonds. The molecule has 0 fully saturated rings. The Bertz CT molecular complexity index is 439. The van der Waals surface area contributed by atoms with E-state index in [0.29, 0.717) is 12.8 Å². The minimum absolute atomic E-state index is 0.0276. The van der Waals surface area contributed by atoms with Gasteiger partial charge in [0.25, 0.3) is 0 Å². The first kappa shape index (κ1) is 13.2. The molecular weight excluding hydrogens is 224 g/mol. The molecule has 92 valence electrons. The summed E-state index contributed by atoms with van der Waals surface area (Å²) in [6.45, 7) is 1.85. The lowest BCUT2D eigenvalue weighted by Gasteiger charge is -2.13. The molecule has 0 saturated heterocycles. The number of carboxylic acids is 2. The van der Waals surface area contributed by atoms with Crippen LogP contribution in [0.15, 0.2) is 18.2 Å². The highest BCUT2D eigenvalue weighted by molar-refractivity contribution is 5.93. The SMILES string of the molecule is CCCC(O)c1cc(C(=O)O)ccc1C(=O)O. The normalized spacial score (nSPS) is 12.1. The maximum Gasteiger partial charge on any atom is 0.336 e. The van der Waals surface area contributed by atoms with Crippen molar-refractivity contribution in [2.24, 2.45) is 0 Å². The molecule has 0 bridgehead atoms. The van der Waals surface area contributed by atoms with Gasteiger partial charge in [0, 0.05) is 0 Å². The average molecular weight is 238 g/mol. The van der Waals surface area contributed by atoms with E-state index in [4.69, 9.17) is 10.2 Å². The van der Waals surface area contributed by atoms with Crippen LogP contribution >= 0.6 is 0 Å². The molecule has 0 radical (unpaired) electrons. The van der Waals surface area contributed by atoms with Crippen molar-refractivity contribution >= 4 is 11.9 Å². The highest BCUT2D eigenvalue weighted by atomic mass is 16.4. The highest BCUT2D eigenvalue weighted by Crippen LogP contribution is 2.23. The van der Waals surface area contributed by atoms with E-state index in [9.17, 15) is 14.7 Å². The molecule has 0 heterocycles. The van der Waals surface area contributed by atoms with Crippen molar-refractivity contribution in [2.45, 2.75) is 25.9 Å². The van der Waals surface area contributed by atoms with Gasteiger partial charge in [-0.2, -0.15) is 0 Å². The fraction of sp³-hybridized carbons (Fsp3) is 0.333. The number of carboxylic acid groups (broad SMARTS) is 2. The standard InChI is InChI=1S/C12H14O5/c1-2-3-10(13)9-6-7(11(14)15)4-5-8(9)12(16)17/h4-6,10,13H,2-3H2,1H3,(H,14,15)(H,16,17). The maximum absolute atomic E-state index is 11.0.